The van der Waals surface area contributed by atoms with Crippen LogP contribution < -0.4 is 10.2 Å². The van der Waals surface area contributed by atoms with Crippen LogP contribution in [0, 0.1) is 20.8 Å². The van der Waals surface area contributed by atoms with E-state index in [2.05, 4.69) is 54.8 Å². The van der Waals surface area contributed by atoms with Crippen LogP contribution in [0.4, 0.5) is 0 Å². The number of hydrogen-bond acceptors (Lipinski definition) is 3. The van der Waals surface area contributed by atoms with Crippen LogP contribution in [0.25, 0.3) is 20.7 Å². The summed E-state index contributed by atoms with van der Waals surface area (Å²) in [5.74, 6) is 0.831. The van der Waals surface area contributed by atoms with Crippen LogP contribution >= 0.6 is 11.3 Å². The van der Waals surface area contributed by atoms with Gasteiger partial charge in [-0.05, 0) is 61.7 Å². The van der Waals surface area contributed by atoms with Gasteiger partial charge in [-0.1, -0.05) is 29.8 Å². The number of fused-ring (bicyclic) bond motifs is 1. The van der Waals surface area contributed by atoms with Crippen LogP contribution in [0.5, 0.6) is 5.75 Å². The van der Waals surface area contributed by atoms with Gasteiger partial charge in [-0.15, -0.1) is 11.3 Å². The number of pyridine rings is 1. The zero-order valence-electron chi connectivity index (χ0n) is 16.6. The average molecular weight is 390 g/mol. The third kappa shape index (κ3) is 3.25. The molecular weight excluding hydrogens is 366 g/mol. The normalized spacial score (nSPS) is 11.1. The van der Waals surface area contributed by atoms with Crippen LogP contribution in [0.1, 0.15) is 22.3 Å². The Morgan fingerprint density at radius 2 is 1.64 bits per heavy atom. The molecule has 0 aliphatic rings. The molecule has 0 fully saturated rings. The lowest BCUT2D eigenvalue weighted by molar-refractivity contribution is 0.415. The molecule has 0 aliphatic heterocycles. The molecule has 0 bridgehead atoms. The van der Waals surface area contributed by atoms with Gasteiger partial charge < -0.3 is 9.30 Å². The van der Waals surface area contributed by atoms with Crippen molar-refractivity contribution in [2.24, 2.45) is 0 Å². The van der Waals surface area contributed by atoms with Crippen LogP contribution in [-0.4, -0.2) is 11.7 Å². The maximum Gasteiger partial charge on any atom is 0.193 e. The molecule has 0 spiro atoms. The number of nitrogens with zero attached hydrogens (tertiary/aromatic N) is 1. The molecular formula is C24H23NO2S. The summed E-state index contributed by atoms with van der Waals surface area (Å²) in [7, 11) is 1.67. The Kier molecular flexibility index (Phi) is 4.82. The number of hydrogen-bond donors (Lipinski definition) is 0. The highest BCUT2D eigenvalue weighted by molar-refractivity contribution is 7.22. The van der Waals surface area contributed by atoms with Crippen molar-refractivity contribution in [3.63, 3.8) is 0 Å². The van der Waals surface area contributed by atoms with Crippen molar-refractivity contribution in [2.45, 2.75) is 27.3 Å². The highest BCUT2D eigenvalue weighted by Crippen LogP contribution is 2.37. The lowest BCUT2D eigenvalue weighted by Gasteiger charge is -2.10. The third-order valence-electron chi connectivity index (χ3n) is 5.15. The van der Waals surface area contributed by atoms with E-state index >= 15 is 0 Å². The van der Waals surface area contributed by atoms with E-state index in [4.69, 9.17) is 4.74 Å². The van der Waals surface area contributed by atoms with E-state index in [0.29, 0.717) is 0 Å². The van der Waals surface area contributed by atoms with Gasteiger partial charge in [0.05, 0.1) is 12.5 Å². The molecule has 0 atom stereocenters. The van der Waals surface area contributed by atoms with Gasteiger partial charge in [-0.2, -0.15) is 0 Å². The standard InChI is InChI=1S/C24H23NO2S/c1-15-5-7-18(8-6-15)14-25-13-16(2)22(26)21-17(3)23(28-24(21)25)19-9-11-20(27-4)12-10-19/h5-13H,14H2,1-4H3. The fraction of sp³-hybridized carbons (Fsp3) is 0.208. The Balaban J connectivity index is 1.88. The van der Waals surface area contributed by atoms with Gasteiger partial charge in [0.2, 0.25) is 0 Å². The molecule has 0 N–H and O–H groups in total. The van der Waals surface area contributed by atoms with Gasteiger partial charge in [-0.25, -0.2) is 0 Å². The molecule has 4 aromatic rings. The van der Waals surface area contributed by atoms with E-state index in [-0.39, 0.29) is 5.43 Å². The third-order valence-corrected chi connectivity index (χ3v) is 6.53. The maximum atomic E-state index is 12.9. The van der Waals surface area contributed by atoms with Gasteiger partial charge >= 0.3 is 0 Å². The number of methoxy groups -OCH3 is 1. The zero-order chi connectivity index (χ0) is 19.8. The summed E-state index contributed by atoms with van der Waals surface area (Å²) in [6, 6.07) is 16.6. The molecule has 3 nitrogen and oxygen atoms in total. The average Bonchev–Trinajstić information content (AvgIpc) is 3.05. The highest BCUT2D eigenvalue weighted by atomic mass is 32.1. The van der Waals surface area contributed by atoms with Crippen molar-refractivity contribution in [1.29, 1.82) is 0 Å². The molecule has 0 unspecified atom stereocenters. The van der Waals surface area contributed by atoms with E-state index in [1.54, 1.807) is 18.4 Å². The van der Waals surface area contributed by atoms with Crippen molar-refractivity contribution in [3.05, 3.63) is 87.2 Å². The first-order valence-electron chi connectivity index (χ1n) is 9.31. The summed E-state index contributed by atoms with van der Waals surface area (Å²) in [6.45, 7) is 6.79. The number of aryl methyl sites for hydroxylation is 3. The fourth-order valence-corrected chi connectivity index (χ4v) is 4.83. The molecule has 2 aromatic heterocycles. The van der Waals surface area contributed by atoms with Gasteiger partial charge in [0.1, 0.15) is 10.6 Å². The van der Waals surface area contributed by atoms with Crippen molar-refractivity contribution in [3.8, 4) is 16.2 Å². The summed E-state index contributed by atoms with van der Waals surface area (Å²) in [5.41, 5.74) is 5.55. The largest absolute Gasteiger partial charge is 0.497 e. The van der Waals surface area contributed by atoms with Gasteiger partial charge in [0.25, 0.3) is 0 Å². The summed E-state index contributed by atoms with van der Waals surface area (Å²) in [4.78, 5) is 15.1. The maximum absolute atomic E-state index is 12.9. The second kappa shape index (κ2) is 7.28. The van der Waals surface area contributed by atoms with E-state index in [1.807, 2.05) is 25.3 Å². The molecule has 0 amide bonds. The number of aromatic nitrogens is 1. The predicted molar refractivity (Wildman–Crippen MR) is 118 cm³/mol. The van der Waals surface area contributed by atoms with E-state index in [9.17, 15) is 4.79 Å². The minimum Gasteiger partial charge on any atom is -0.497 e. The van der Waals surface area contributed by atoms with E-state index in [0.717, 1.165) is 44.1 Å². The topological polar surface area (TPSA) is 31.2 Å². The van der Waals surface area contributed by atoms with Crippen LogP contribution in [0.3, 0.4) is 0 Å². The van der Waals surface area contributed by atoms with Gasteiger partial charge in [0.15, 0.2) is 5.43 Å². The minimum absolute atomic E-state index is 0.128. The Hall–Kier alpha value is -2.85. The van der Waals surface area contributed by atoms with Crippen LogP contribution in [-0.2, 0) is 6.54 Å². The lowest BCUT2D eigenvalue weighted by atomic mass is 10.1. The molecule has 0 saturated heterocycles. The number of ether oxygens (including phenoxy) is 1. The van der Waals surface area contributed by atoms with Crippen molar-refractivity contribution in [2.75, 3.05) is 7.11 Å². The van der Waals surface area contributed by atoms with E-state index < -0.39 is 0 Å². The second-order valence-corrected chi connectivity index (χ2v) is 8.22. The highest BCUT2D eigenvalue weighted by Gasteiger charge is 2.17. The lowest BCUT2D eigenvalue weighted by Crippen LogP contribution is -2.12. The molecule has 142 valence electrons. The number of benzene rings is 2. The Bertz CT molecular complexity index is 1200. The quantitative estimate of drug-likeness (QED) is 0.447. The monoisotopic (exact) mass is 389 g/mol. The first-order chi connectivity index (χ1) is 13.5. The van der Waals surface area contributed by atoms with E-state index in [1.165, 1.54) is 11.1 Å². The van der Waals surface area contributed by atoms with Crippen LogP contribution in [0.2, 0.25) is 0 Å². The fourth-order valence-electron chi connectivity index (χ4n) is 3.54. The molecule has 2 heterocycles. The first-order valence-corrected chi connectivity index (χ1v) is 10.1. The first kappa shape index (κ1) is 18.5. The molecule has 28 heavy (non-hydrogen) atoms. The summed E-state index contributed by atoms with van der Waals surface area (Å²) in [6.07, 6.45) is 1.98. The smallest absolute Gasteiger partial charge is 0.193 e. The molecule has 0 aliphatic carbocycles. The summed E-state index contributed by atoms with van der Waals surface area (Å²) in [5, 5.41) is 0.836. The van der Waals surface area contributed by atoms with Crippen LogP contribution in [0.15, 0.2) is 59.5 Å². The zero-order valence-corrected chi connectivity index (χ0v) is 17.4. The van der Waals surface area contributed by atoms with Crippen molar-refractivity contribution in [1.82, 2.24) is 4.57 Å². The van der Waals surface area contributed by atoms with Gasteiger partial charge in [0, 0.05) is 23.2 Å². The second-order valence-electron chi connectivity index (χ2n) is 7.22. The number of rotatable bonds is 4. The Morgan fingerprint density at radius 3 is 2.29 bits per heavy atom. The Labute approximate surface area is 168 Å². The number of thiophene rings is 1. The molecule has 4 heteroatoms. The Morgan fingerprint density at radius 1 is 0.964 bits per heavy atom. The molecule has 2 aromatic carbocycles. The minimum atomic E-state index is 0.128. The molecule has 4 rings (SSSR count). The molecule has 0 saturated carbocycles. The summed E-state index contributed by atoms with van der Waals surface area (Å²) < 4.78 is 7.48. The SMILES string of the molecule is COc1ccc(-c2sc3c(c2C)c(=O)c(C)cn3Cc2ccc(C)cc2)cc1. The molecule has 0 radical (unpaired) electrons. The van der Waals surface area contributed by atoms with Crippen molar-refractivity contribution >= 4 is 21.6 Å². The predicted octanol–water partition coefficient (Wildman–Crippen LogP) is 5.71. The van der Waals surface area contributed by atoms with Gasteiger partial charge in [-0.3, -0.25) is 4.79 Å². The van der Waals surface area contributed by atoms with Crippen molar-refractivity contribution < 1.29 is 4.74 Å². The summed E-state index contributed by atoms with van der Waals surface area (Å²) >= 11 is 1.68.